The number of carbonyl (C=O) groups is 1. The standard InChI is InChI=1S/C28H26ClNO3S2/c1-19-8-6-11-24(20(19)2)32-14-7-15-33-25-13-12-23(29)16-22(25)17-26-27(31)30(28(34)35-26)18-21-9-4-3-5-10-21/h3-6,8-13,16-17H,7,14-15,18H2,1-2H3. The molecule has 7 heteroatoms. The minimum absolute atomic E-state index is 0.114. The van der Waals surface area contributed by atoms with Crippen molar-refractivity contribution in [3.05, 3.63) is 98.9 Å². The third-order valence-corrected chi connectivity index (χ3v) is 7.29. The van der Waals surface area contributed by atoms with Gasteiger partial charge in [0.25, 0.3) is 5.91 Å². The Bertz CT molecular complexity index is 1260. The SMILES string of the molecule is Cc1cccc(OCCCOc2ccc(Cl)cc2C=C2SC(=S)N(Cc3ccccc3)C2=O)c1C. The predicted molar refractivity (Wildman–Crippen MR) is 148 cm³/mol. The molecule has 1 aliphatic heterocycles. The number of nitrogens with zero attached hydrogens (tertiary/aromatic N) is 1. The summed E-state index contributed by atoms with van der Waals surface area (Å²) in [7, 11) is 0. The van der Waals surface area contributed by atoms with E-state index < -0.39 is 0 Å². The van der Waals surface area contributed by atoms with Gasteiger partial charge in [0.05, 0.1) is 24.7 Å². The summed E-state index contributed by atoms with van der Waals surface area (Å²) in [5.74, 6) is 1.45. The van der Waals surface area contributed by atoms with E-state index >= 15 is 0 Å². The molecule has 180 valence electrons. The molecule has 3 aromatic carbocycles. The van der Waals surface area contributed by atoms with E-state index in [1.165, 1.54) is 17.3 Å². The maximum atomic E-state index is 13.1. The van der Waals surface area contributed by atoms with Crippen molar-refractivity contribution in [2.45, 2.75) is 26.8 Å². The largest absolute Gasteiger partial charge is 0.493 e. The minimum Gasteiger partial charge on any atom is -0.493 e. The molecule has 0 spiro atoms. The van der Waals surface area contributed by atoms with Crippen LogP contribution in [-0.4, -0.2) is 28.3 Å². The first-order valence-corrected chi connectivity index (χ1v) is 12.9. The fraction of sp³-hybridized carbons (Fsp3) is 0.214. The Balaban J connectivity index is 1.39. The molecule has 3 aromatic rings. The summed E-state index contributed by atoms with van der Waals surface area (Å²) in [6.07, 6.45) is 2.52. The number of aryl methyl sites for hydroxylation is 1. The Morgan fingerprint density at radius 1 is 0.971 bits per heavy atom. The van der Waals surface area contributed by atoms with E-state index in [2.05, 4.69) is 19.9 Å². The fourth-order valence-corrected chi connectivity index (χ4v) is 5.04. The van der Waals surface area contributed by atoms with Crippen LogP contribution in [0, 0.1) is 13.8 Å². The molecule has 0 unspecified atom stereocenters. The van der Waals surface area contributed by atoms with Gasteiger partial charge in [0, 0.05) is 17.0 Å². The summed E-state index contributed by atoms with van der Waals surface area (Å²) in [5, 5.41) is 0.571. The van der Waals surface area contributed by atoms with Gasteiger partial charge in [-0.05, 0) is 60.9 Å². The van der Waals surface area contributed by atoms with Crippen LogP contribution in [0.3, 0.4) is 0 Å². The highest BCUT2D eigenvalue weighted by molar-refractivity contribution is 8.26. The normalized spacial score (nSPS) is 14.6. The Morgan fingerprint density at radius 3 is 2.49 bits per heavy atom. The maximum Gasteiger partial charge on any atom is 0.266 e. The smallest absolute Gasteiger partial charge is 0.266 e. The number of thioether (sulfide) groups is 1. The first-order valence-electron chi connectivity index (χ1n) is 11.3. The molecule has 1 amide bonds. The van der Waals surface area contributed by atoms with Gasteiger partial charge in [-0.2, -0.15) is 0 Å². The van der Waals surface area contributed by atoms with Crippen LogP contribution >= 0.6 is 35.6 Å². The number of halogens is 1. The molecule has 1 aliphatic rings. The van der Waals surface area contributed by atoms with Gasteiger partial charge in [0.15, 0.2) is 0 Å². The summed E-state index contributed by atoms with van der Waals surface area (Å²) in [5.41, 5.74) is 4.13. The molecule has 0 N–H and O–H groups in total. The first kappa shape index (κ1) is 25.3. The second-order valence-electron chi connectivity index (χ2n) is 8.18. The average molecular weight is 524 g/mol. The predicted octanol–water partition coefficient (Wildman–Crippen LogP) is 7.21. The van der Waals surface area contributed by atoms with Gasteiger partial charge in [-0.25, -0.2) is 0 Å². The summed E-state index contributed by atoms with van der Waals surface area (Å²) in [6.45, 7) is 5.60. The monoisotopic (exact) mass is 523 g/mol. The lowest BCUT2D eigenvalue weighted by Gasteiger charge is -2.14. The van der Waals surface area contributed by atoms with Gasteiger partial charge in [0.2, 0.25) is 0 Å². The summed E-state index contributed by atoms with van der Waals surface area (Å²) < 4.78 is 12.5. The van der Waals surface area contributed by atoms with Gasteiger partial charge in [-0.3, -0.25) is 9.69 Å². The second kappa shape index (κ2) is 11.8. The van der Waals surface area contributed by atoms with Crippen molar-refractivity contribution in [2.24, 2.45) is 0 Å². The maximum absolute atomic E-state index is 13.1. The molecule has 0 radical (unpaired) electrons. The Kier molecular flexibility index (Phi) is 8.50. The zero-order chi connectivity index (χ0) is 24.8. The van der Waals surface area contributed by atoms with Crippen LogP contribution in [0.25, 0.3) is 6.08 Å². The number of amides is 1. The summed E-state index contributed by atoms with van der Waals surface area (Å²) >= 11 is 13.0. The summed E-state index contributed by atoms with van der Waals surface area (Å²) in [4.78, 5) is 15.2. The number of ether oxygens (including phenoxy) is 2. The van der Waals surface area contributed by atoms with Crippen LogP contribution in [0.4, 0.5) is 0 Å². The van der Waals surface area contributed by atoms with E-state index in [1.807, 2.05) is 48.5 Å². The molecule has 4 nitrogen and oxygen atoms in total. The van der Waals surface area contributed by atoms with E-state index in [0.29, 0.717) is 46.2 Å². The third kappa shape index (κ3) is 6.45. The molecule has 0 saturated carbocycles. The average Bonchev–Trinajstić information content (AvgIpc) is 3.10. The molecule has 1 fully saturated rings. The summed E-state index contributed by atoms with van der Waals surface area (Å²) in [6, 6.07) is 21.3. The van der Waals surface area contributed by atoms with Crippen LogP contribution in [0.15, 0.2) is 71.6 Å². The lowest BCUT2D eigenvalue weighted by molar-refractivity contribution is -0.122. The fourth-order valence-electron chi connectivity index (χ4n) is 3.61. The molecule has 4 rings (SSSR count). The lowest BCUT2D eigenvalue weighted by Crippen LogP contribution is -2.27. The molecule has 0 atom stereocenters. The van der Waals surface area contributed by atoms with Crippen molar-refractivity contribution in [3.8, 4) is 11.5 Å². The van der Waals surface area contributed by atoms with Crippen molar-refractivity contribution in [1.29, 1.82) is 0 Å². The molecule has 1 saturated heterocycles. The molecule has 35 heavy (non-hydrogen) atoms. The highest BCUT2D eigenvalue weighted by atomic mass is 35.5. The van der Waals surface area contributed by atoms with E-state index in [9.17, 15) is 4.79 Å². The Labute approximate surface area is 220 Å². The molecule has 1 heterocycles. The van der Waals surface area contributed by atoms with Gasteiger partial charge >= 0.3 is 0 Å². The zero-order valence-corrected chi connectivity index (χ0v) is 22.0. The molecule has 0 aromatic heterocycles. The van der Waals surface area contributed by atoms with Crippen LogP contribution in [0.2, 0.25) is 5.02 Å². The topological polar surface area (TPSA) is 38.8 Å². The van der Waals surface area contributed by atoms with Crippen molar-refractivity contribution in [3.63, 3.8) is 0 Å². The van der Waals surface area contributed by atoms with E-state index in [0.717, 1.165) is 22.4 Å². The number of rotatable bonds is 9. The van der Waals surface area contributed by atoms with E-state index in [4.69, 9.17) is 33.3 Å². The van der Waals surface area contributed by atoms with Gasteiger partial charge in [0.1, 0.15) is 15.8 Å². The molecular formula is C28H26ClNO3S2. The van der Waals surface area contributed by atoms with Crippen LogP contribution < -0.4 is 9.47 Å². The Morgan fingerprint density at radius 2 is 1.71 bits per heavy atom. The molecular weight excluding hydrogens is 498 g/mol. The van der Waals surface area contributed by atoms with Crippen LogP contribution in [0.5, 0.6) is 11.5 Å². The first-order chi connectivity index (χ1) is 16.9. The lowest BCUT2D eigenvalue weighted by atomic mass is 10.1. The van der Waals surface area contributed by atoms with Crippen molar-refractivity contribution in [2.75, 3.05) is 13.2 Å². The van der Waals surface area contributed by atoms with Crippen molar-refractivity contribution < 1.29 is 14.3 Å². The van der Waals surface area contributed by atoms with Gasteiger partial charge < -0.3 is 9.47 Å². The van der Waals surface area contributed by atoms with Gasteiger partial charge in [-0.15, -0.1) is 0 Å². The number of hydrogen-bond donors (Lipinski definition) is 0. The number of benzene rings is 3. The highest BCUT2D eigenvalue weighted by Gasteiger charge is 2.32. The number of hydrogen-bond acceptors (Lipinski definition) is 5. The highest BCUT2D eigenvalue weighted by Crippen LogP contribution is 2.36. The van der Waals surface area contributed by atoms with Crippen molar-refractivity contribution >= 4 is 51.9 Å². The molecule has 0 bridgehead atoms. The molecule has 0 aliphatic carbocycles. The Hall–Kier alpha value is -2.80. The zero-order valence-electron chi connectivity index (χ0n) is 19.6. The van der Waals surface area contributed by atoms with Crippen LogP contribution in [0.1, 0.15) is 28.7 Å². The quantitative estimate of drug-likeness (QED) is 0.168. The van der Waals surface area contributed by atoms with E-state index in [1.54, 1.807) is 23.1 Å². The minimum atomic E-state index is -0.114. The third-order valence-electron chi connectivity index (χ3n) is 5.67. The van der Waals surface area contributed by atoms with Crippen LogP contribution in [-0.2, 0) is 11.3 Å². The van der Waals surface area contributed by atoms with Crippen molar-refractivity contribution in [1.82, 2.24) is 4.90 Å². The number of carbonyl (C=O) groups excluding carboxylic acids is 1. The second-order valence-corrected chi connectivity index (χ2v) is 10.3. The van der Waals surface area contributed by atoms with Gasteiger partial charge in [-0.1, -0.05) is 78.0 Å². The van der Waals surface area contributed by atoms with E-state index in [-0.39, 0.29) is 5.91 Å². The number of thiocarbonyl (C=S) groups is 1.